The average molecular weight is 148 g/mol. The van der Waals surface area contributed by atoms with Gasteiger partial charge in [-0.2, -0.15) is 5.26 Å². The summed E-state index contributed by atoms with van der Waals surface area (Å²) in [5.41, 5.74) is 0.342. The van der Waals surface area contributed by atoms with E-state index in [9.17, 15) is 0 Å². The van der Waals surface area contributed by atoms with E-state index in [-0.39, 0.29) is 0 Å². The molecule has 0 amide bonds. The molecule has 56 valence electrons. The maximum absolute atomic E-state index is 8.55. The van der Waals surface area contributed by atoms with Gasteiger partial charge < -0.3 is 5.32 Å². The minimum absolute atomic E-state index is 0.342. The highest BCUT2D eigenvalue weighted by atomic mass is 15.0. The molecule has 1 aromatic heterocycles. The Labute approximate surface area is 64.9 Å². The summed E-state index contributed by atoms with van der Waals surface area (Å²) in [5.74, 6) is 0.553. The zero-order valence-corrected chi connectivity index (χ0v) is 6.20. The number of nitrogens with zero attached hydrogens (tertiary/aromatic N) is 3. The zero-order chi connectivity index (χ0) is 8.10. The van der Waals surface area contributed by atoms with Crippen LogP contribution in [0.3, 0.4) is 0 Å². The highest BCUT2D eigenvalue weighted by Crippen LogP contribution is 2.04. The molecule has 1 N–H and O–H groups in total. The number of anilines is 1. The number of aromatic nitrogens is 2. The van der Waals surface area contributed by atoms with E-state index in [2.05, 4.69) is 15.3 Å². The van der Waals surface area contributed by atoms with Gasteiger partial charge in [0.15, 0.2) is 11.5 Å². The Bertz CT molecular complexity index is 276. The van der Waals surface area contributed by atoms with Crippen molar-refractivity contribution >= 4 is 5.82 Å². The second-order valence-corrected chi connectivity index (χ2v) is 1.90. The largest absolute Gasteiger partial charge is 0.368 e. The second-order valence-electron chi connectivity index (χ2n) is 1.90. The molecule has 11 heavy (non-hydrogen) atoms. The van der Waals surface area contributed by atoms with Crippen molar-refractivity contribution in [2.75, 3.05) is 11.9 Å². The van der Waals surface area contributed by atoms with Gasteiger partial charge >= 0.3 is 0 Å². The molecule has 1 aromatic rings. The van der Waals surface area contributed by atoms with Crippen LogP contribution in [0, 0.1) is 11.3 Å². The molecule has 0 bridgehead atoms. The topological polar surface area (TPSA) is 61.6 Å². The summed E-state index contributed by atoms with van der Waals surface area (Å²) in [5, 5.41) is 11.5. The second kappa shape index (κ2) is 3.52. The van der Waals surface area contributed by atoms with Crippen LogP contribution in [-0.2, 0) is 0 Å². The van der Waals surface area contributed by atoms with Crippen LogP contribution in [0.15, 0.2) is 12.4 Å². The van der Waals surface area contributed by atoms with E-state index in [0.717, 1.165) is 6.54 Å². The predicted molar refractivity (Wildman–Crippen MR) is 40.9 cm³/mol. The Morgan fingerprint density at radius 2 is 2.27 bits per heavy atom. The number of hydrogen-bond acceptors (Lipinski definition) is 4. The Morgan fingerprint density at radius 3 is 2.91 bits per heavy atom. The van der Waals surface area contributed by atoms with E-state index in [4.69, 9.17) is 5.26 Å². The smallest absolute Gasteiger partial charge is 0.182 e. The Kier molecular flexibility index (Phi) is 2.39. The Balaban J connectivity index is 2.95. The number of nitriles is 1. The monoisotopic (exact) mass is 148 g/mol. The third-order valence-corrected chi connectivity index (χ3v) is 1.15. The van der Waals surface area contributed by atoms with E-state index in [1.807, 2.05) is 13.0 Å². The molecular weight excluding hydrogens is 140 g/mol. The summed E-state index contributed by atoms with van der Waals surface area (Å²) < 4.78 is 0. The van der Waals surface area contributed by atoms with Gasteiger partial charge in [-0.25, -0.2) is 9.97 Å². The summed E-state index contributed by atoms with van der Waals surface area (Å²) in [7, 11) is 0. The molecule has 0 fully saturated rings. The molecular formula is C7H8N4. The van der Waals surface area contributed by atoms with Gasteiger partial charge in [-0.15, -0.1) is 0 Å². The van der Waals surface area contributed by atoms with E-state index < -0.39 is 0 Å². The highest BCUT2D eigenvalue weighted by Gasteiger charge is 1.99. The van der Waals surface area contributed by atoms with Crippen LogP contribution in [0.5, 0.6) is 0 Å². The predicted octanol–water partition coefficient (Wildman–Crippen LogP) is 0.780. The molecule has 0 atom stereocenters. The number of rotatable bonds is 2. The normalized spacial score (nSPS) is 8.73. The first-order valence-corrected chi connectivity index (χ1v) is 3.33. The number of hydrogen-bond donors (Lipinski definition) is 1. The third-order valence-electron chi connectivity index (χ3n) is 1.15. The lowest BCUT2D eigenvalue weighted by Crippen LogP contribution is -2.02. The Morgan fingerprint density at radius 1 is 1.55 bits per heavy atom. The summed E-state index contributed by atoms with van der Waals surface area (Å²) >= 11 is 0. The van der Waals surface area contributed by atoms with Crippen LogP contribution in [0.25, 0.3) is 0 Å². The molecule has 0 unspecified atom stereocenters. The molecule has 0 spiro atoms. The molecule has 0 saturated heterocycles. The summed E-state index contributed by atoms with van der Waals surface area (Å²) in [6.45, 7) is 2.68. The molecule has 1 rings (SSSR count). The van der Waals surface area contributed by atoms with Gasteiger partial charge in [0.1, 0.15) is 6.07 Å². The fourth-order valence-electron chi connectivity index (χ4n) is 0.717. The minimum atomic E-state index is 0.342. The van der Waals surface area contributed by atoms with Gasteiger partial charge in [-0.1, -0.05) is 0 Å². The van der Waals surface area contributed by atoms with Crippen LogP contribution in [0.1, 0.15) is 12.6 Å². The summed E-state index contributed by atoms with van der Waals surface area (Å²) in [6, 6.07) is 1.94. The molecule has 0 aliphatic carbocycles. The van der Waals surface area contributed by atoms with Gasteiger partial charge in [0, 0.05) is 18.9 Å². The van der Waals surface area contributed by atoms with Crippen molar-refractivity contribution in [1.82, 2.24) is 9.97 Å². The van der Waals surface area contributed by atoms with Gasteiger partial charge in [-0.05, 0) is 6.92 Å². The molecule has 0 radical (unpaired) electrons. The van der Waals surface area contributed by atoms with Gasteiger partial charge in [0.05, 0.1) is 0 Å². The molecule has 0 aromatic carbocycles. The summed E-state index contributed by atoms with van der Waals surface area (Å²) in [4.78, 5) is 7.77. The van der Waals surface area contributed by atoms with Crippen molar-refractivity contribution in [2.45, 2.75) is 6.92 Å². The van der Waals surface area contributed by atoms with E-state index >= 15 is 0 Å². The lowest BCUT2D eigenvalue weighted by atomic mass is 10.4. The highest BCUT2D eigenvalue weighted by molar-refractivity contribution is 5.46. The zero-order valence-electron chi connectivity index (χ0n) is 6.20. The standard InChI is InChI=1S/C7H8N4/c1-2-9-7-6(5-8)10-3-4-11-7/h3-4H,2H2,1H3,(H,9,11). The van der Waals surface area contributed by atoms with Gasteiger partial charge in [0.25, 0.3) is 0 Å². The quantitative estimate of drug-likeness (QED) is 0.673. The van der Waals surface area contributed by atoms with Crippen molar-refractivity contribution < 1.29 is 0 Å². The number of nitrogens with one attached hydrogen (secondary N) is 1. The van der Waals surface area contributed by atoms with E-state index in [1.54, 1.807) is 6.20 Å². The molecule has 1 heterocycles. The SMILES string of the molecule is CCNc1nccnc1C#N. The van der Waals surface area contributed by atoms with Crippen molar-refractivity contribution in [1.29, 1.82) is 5.26 Å². The van der Waals surface area contributed by atoms with Crippen LogP contribution in [0.4, 0.5) is 5.82 Å². The maximum atomic E-state index is 8.55. The third kappa shape index (κ3) is 1.64. The van der Waals surface area contributed by atoms with Gasteiger partial charge in [0.2, 0.25) is 0 Å². The molecule has 0 saturated carbocycles. The average Bonchev–Trinajstić information content (AvgIpc) is 2.06. The van der Waals surface area contributed by atoms with E-state index in [0.29, 0.717) is 11.5 Å². The van der Waals surface area contributed by atoms with Crippen molar-refractivity contribution in [3.05, 3.63) is 18.1 Å². The maximum Gasteiger partial charge on any atom is 0.182 e. The first-order valence-electron chi connectivity index (χ1n) is 3.33. The molecule has 0 aliphatic heterocycles. The van der Waals surface area contributed by atoms with Crippen molar-refractivity contribution in [2.24, 2.45) is 0 Å². The van der Waals surface area contributed by atoms with Crippen LogP contribution in [-0.4, -0.2) is 16.5 Å². The van der Waals surface area contributed by atoms with Crippen LogP contribution < -0.4 is 5.32 Å². The van der Waals surface area contributed by atoms with Crippen LogP contribution in [0.2, 0.25) is 0 Å². The van der Waals surface area contributed by atoms with E-state index in [1.165, 1.54) is 6.20 Å². The fraction of sp³-hybridized carbons (Fsp3) is 0.286. The lowest BCUT2D eigenvalue weighted by molar-refractivity contribution is 1.10. The van der Waals surface area contributed by atoms with Crippen LogP contribution >= 0.6 is 0 Å². The first-order chi connectivity index (χ1) is 5.38. The molecule has 4 heteroatoms. The fourth-order valence-corrected chi connectivity index (χ4v) is 0.717. The molecule has 0 aliphatic rings. The minimum Gasteiger partial charge on any atom is -0.368 e. The Hall–Kier alpha value is -1.63. The van der Waals surface area contributed by atoms with Gasteiger partial charge in [-0.3, -0.25) is 0 Å². The van der Waals surface area contributed by atoms with Crippen molar-refractivity contribution in [3.8, 4) is 6.07 Å². The lowest BCUT2D eigenvalue weighted by Gasteiger charge is -2.00. The summed E-state index contributed by atoms with van der Waals surface area (Å²) in [6.07, 6.45) is 3.05. The first kappa shape index (κ1) is 7.48. The molecule has 4 nitrogen and oxygen atoms in total. The van der Waals surface area contributed by atoms with Crippen molar-refractivity contribution in [3.63, 3.8) is 0 Å².